The number of anilines is 1. The van der Waals surface area contributed by atoms with Crippen LogP contribution < -0.4 is 10.7 Å². The average Bonchev–Trinajstić information content (AvgIpc) is 2.65. The van der Waals surface area contributed by atoms with Crippen LogP contribution in [-0.2, 0) is 0 Å². The number of rotatable bonds is 2. The molecule has 74 valence electrons. The first kappa shape index (κ1) is 9.21. The summed E-state index contributed by atoms with van der Waals surface area (Å²) in [5.74, 6) is 0.775. The maximum absolute atomic E-state index is 5.59. The standard InChI is InChI=1S/C9H12N4S/c1-12(8-5-3-2-4-6-8)13-7-14-9(10)11-13/h2-6H,7H2,1H3,(H2,10,11). The summed E-state index contributed by atoms with van der Waals surface area (Å²) in [7, 11) is 1.97. The zero-order valence-corrected chi connectivity index (χ0v) is 8.74. The number of nitrogens with zero attached hydrogens (tertiary/aromatic N) is 3. The van der Waals surface area contributed by atoms with Gasteiger partial charge in [-0.15, -0.1) is 5.10 Å². The van der Waals surface area contributed by atoms with Gasteiger partial charge < -0.3 is 5.73 Å². The highest BCUT2D eigenvalue weighted by Gasteiger charge is 2.16. The Kier molecular flexibility index (Phi) is 2.49. The highest BCUT2D eigenvalue weighted by molar-refractivity contribution is 8.13. The first-order valence-corrected chi connectivity index (χ1v) is 5.29. The highest BCUT2D eigenvalue weighted by atomic mass is 32.2. The topological polar surface area (TPSA) is 44.9 Å². The molecule has 0 saturated heterocycles. The number of nitrogens with two attached hydrogens (primary N) is 1. The van der Waals surface area contributed by atoms with E-state index in [9.17, 15) is 0 Å². The van der Waals surface area contributed by atoms with Crippen molar-refractivity contribution in [3.63, 3.8) is 0 Å². The minimum absolute atomic E-state index is 0.618. The maximum Gasteiger partial charge on any atom is 0.181 e. The second kappa shape index (κ2) is 3.79. The molecule has 5 heteroatoms. The van der Waals surface area contributed by atoms with Gasteiger partial charge in [-0.25, -0.2) is 0 Å². The van der Waals surface area contributed by atoms with Gasteiger partial charge in [0.05, 0.1) is 5.69 Å². The Bertz CT molecular complexity index is 338. The van der Waals surface area contributed by atoms with Gasteiger partial charge in [0.25, 0.3) is 0 Å². The van der Waals surface area contributed by atoms with E-state index in [4.69, 9.17) is 5.73 Å². The number of para-hydroxylation sites is 1. The van der Waals surface area contributed by atoms with Crippen LogP contribution in [0.15, 0.2) is 35.4 Å². The lowest BCUT2D eigenvalue weighted by Crippen LogP contribution is -2.33. The van der Waals surface area contributed by atoms with Gasteiger partial charge in [-0.1, -0.05) is 30.0 Å². The summed E-state index contributed by atoms with van der Waals surface area (Å²) in [5.41, 5.74) is 6.69. The second-order valence-corrected chi connectivity index (χ2v) is 3.91. The quantitative estimate of drug-likeness (QED) is 0.795. The molecule has 1 heterocycles. The Balaban J connectivity index is 2.13. The summed E-state index contributed by atoms with van der Waals surface area (Å²) < 4.78 is 0. The Labute approximate surface area is 87.3 Å². The van der Waals surface area contributed by atoms with Crippen LogP contribution in [0.2, 0.25) is 0 Å². The molecule has 1 aromatic carbocycles. The van der Waals surface area contributed by atoms with Crippen LogP contribution in [0.3, 0.4) is 0 Å². The number of hydrogen-bond acceptors (Lipinski definition) is 5. The molecule has 0 atom stereocenters. The Morgan fingerprint density at radius 2 is 2.14 bits per heavy atom. The van der Waals surface area contributed by atoms with Crippen LogP contribution >= 0.6 is 11.8 Å². The van der Waals surface area contributed by atoms with Crippen LogP contribution in [0.25, 0.3) is 0 Å². The third kappa shape index (κ3) is 1.77. The largest absolute Gasteiger partial charge is 0.377 e. The van der Waals surface area contributed by atoms with Crippen molar-refractivity contribution in [3.05, 3.63) is 30.3 Å². The molecule has 0 bridgehead atoms. The summed E-state index contributed by atoms with van der Waals surface area (Å²) in [4.78, 5) is 0. The van der Waals surface area contributed by atoms with Gasteiger partial charge in [0.1, 0.15) is 5.88 Å². The van der Waals surface area contributed by atoms with Crippen molar-refractivity contribution in [2.45, 2.75) is 0 Å². The third-order valence-corrected chi connectivity index (χ3v) is 2.76. The smallest absolute Gasteiger partial charge is 0.181 e. The fourth-order valence-corrected chi connectivity index (χ4v) is 1.86. The molecule has 0 unspecified atom stereocenters. The zero-order valence-electron chi connectivity index (χ0n) is 7.92. The van der Waals surface area contributed by atoms with Crippen LogP contribution in [0.1, 0.15) is 0 Å². The van der Waals surface area contributed by atoms with Crippen molar-refractivity contribution in [3.8, 4) is 0 Å². The van der Waals surface area contributed by atoms with E-state index < -0.39 is 0 Å². The molecule has 2 rings (SSSR count). The van der Waals surface area contributed by atoms with Gasteiger partial charge in [-0.2, -0.15) is 5.12 Å². The number of hydrazone groups is 1. The summed E-state index contributed by atoms with van der Waals surface area (Å²) in [6, 6.07) is 10.1. The number of amidine groups is 1. The minimum atomic E-state index is 0.618. The third-order valence-electron chi connectivity index (χ3n) is 2.02. The number of hydrogen-bond donors (Lipinski definition) is 1. The van der Waals surface area contributed by atoms with Crippen LogP contribution in [-0.4, -0.2) is 23.2 Å². The summed E-state index contributed by atoms with van der Waals surface area (Å²) in [6.45, 7) is 0. The van der Waals surface area contributed by atoms with Crippen molar-refractivity contribution in [1.82, 2.24) is 5.12 Å². The van der Waals surface area contributed by atoms with E-state index in [1.54, 1.807) is 11.8 Å². The maximum atomic E-state index is 5.59. The van der Waals surface area contributed by atoms with Gasteiger partial charge in [-0.3, -0.25) is 5.01 Å². The highest BCUT2D eigenvalue weighted by Crippen LogP contribution is 2.20. The molecule has 0 amide bonds. The average molecular weight is 208 g/mol. The van der Waals surface area contributed by atoms with Crippen molar-refractivity contribution in [2.75, 3.05) is 17.9 Å². The van der Waals surface area contributed by atoms with Gasteiger partial charge in [-0.05, 0) is 12.1 Å². The SMILES string of the molecule is CN(c1ccccc1)N1CSC(N)=N1. The Morgan fingerprint density at radius 3 is 2.71 bits per heavy atom. The minimum Gasteiger partial charge on any atom is -0.377 e. The lowest BCUT2D eigenvalue weighted by Gasteiger charge is -2.26. The van der Waals surface area contributed by atoms with E-state index in [1.165, 1.54) is 0 Å². The number of hydrazine groups is 1. The van der Waals surface area contributed by atoms with Crippen LogP contribution in [0, 0.1) is 0 Å². The predicted octanol–water partition coefficient (Wildman–Crippen LogP) is 1.27. The normalized spacial score (nSPS) is 15.5. The molecular weight excluding hydrogens is 196 g/mol. The van der Waals surface area contributed by atoms with Gasteiger partial charge >= 0.3 is 0 Å². The number of thioether (sulfide) groups is 1. The summed E-state index contributed by atoms with van der Waals surface area (Å²) >= 11 is 1.54. The monoisotopic (exact) mass is 208 g/mol. The Morgan fingerprint density at radius 1 is 1.43 bits per heavy atom. The van der Waals surface area contributed by atoms with Gasteiger partial charge in [0.15, 0.2) is 5.17 Å². The van der Waals surface area contributed by atoms with E-state index in [-0.39, 0.29) is 0 Å². The predicted molar refractivity (Wildman–Crippen MR) is 60.8 cm³/mol. The first-order chi connectivity index (χ1) is 6.77. The molecule has 0 spiro atoms. The molecule has 0 radical (unpaired) electrons. The lowest BCUT2D eigenvalue weighted by atomic mass is 10.3. The summed E-state index contributed by atoms with van der Waals surface area (Å²) in [6.07, 6.45) is 0. The van der Waals surface area contributed by atoms with Crippen LogP contribution in [0.4, 0.5) is 5.69 Å². The number of benzene rings is 1. The molecule has 0 aromatic heterocycles. The molecule has 1 aliphatic heterocycles. The van der Waals surface area contributed by atoms with Crippen molar-refractivity contribution >= 4 is 22.6 Å². The molecule has 1 aromatic rings. The molecular formula is C9H12N4S. The molecule has 14 heavy (non-hydrogen) atoms. The van der Waals surface area contributed by atoms with Crippen molar-refractivity contribution in [2.24, 2.45) is 10.8 Å². The van der Waals surface area contributed by atoms with Crippen molar-refractivity contribution in [1.29, 1.82) is 0 Å². The van der Waals surface area contributed by atoms with Crippen molar-refractivity contribution < 1.29 is 0 Å². The molecule has 0 fully saturated rings. The lowest BCUT2D eigenvalue weighted by molar-refractivity contribution is 0.336. The van der Waals surface area contributed by atoms with E-state index in [1.807, 2.05) is 47.5 Å². The fourth-order valence-electron chi connectivity index (χ4n) is 1.23. The molecule has 2 N–H and O–H groups in total. The zero-order chi connectivity index (χ0) is 9.97. The first-order valence-electron chi connectivity index (χ1n) is 4.30. The van der Waals surface area contributed by atoms with E-state index in [2.05, 4.69) is 5.10 Å². The van der Waals surface area contributed by atoms with E-state index >= 15 is 0 Å². The molecule has 0 aliphatic carbocycles. The van der Waals surface area contributed by atoms with E-state index in [0.29, 0.717) is 5.17 Å². The van der Waals surface area contributed by atoms with Crippen LogP contribution in [0.5, 0.6) is 0 Å². The molecule has 0 saturated carbocycles. The Hall–Kier alpha value is -1.36. The van der Waals surface area contributed by atoms with Gasteiger partial charge in [0.2, 0.25) is 0 Å². The summed E-state index contributed by atoms with van der Waals surface area (Å²) in [5, 5.41) is 8.62. The molecule has 4 nitrogen and oxygen atoms in total. The molecule has 1 aliphatic rings. The fraction of sp³-hybridized carbons (Fsp3) is 0.222. The second-order valence-electron chi connectivity index (χ2n) is 2.94. The van der Waals surface area contributed by atoms with E-state index in [0.717, 1.165) is 11.6 Å². The van der Waals surface area contributed by atoms with Gasteiger partial charge in [0, 0.05) is 7.05 Å².